The van der Waals surface area contributed by atoms with E-state index in [0.29, 0.717) is 18.7 Å². The Morgan fingerprint density at radius 2 is 2.00 bits per heavy atom. The maximum atomic E-state index is 12.4. The normalized spacial score (nSPS) is 26.4. The summed E-state index contributed by atoms with van der Waals surface area (Å²) in [5.74, 6) is -0.0602. The van der Waals surface area contributed by atoms with Crippen LogP contribution in [0, 0.1) is 5.41 Å². The third kappa shape index (κ3) is 3.00. The number of benzene rings is 1. The van der Waals surface area contributed by atoms with Crippen molar-refractivity contribution in [3.8, 4) is 5.75 Å². The summed E-state index contributed by atoms with van der Waals surface area (Å²) >= 11 is 0. The van der Waals surface area contributed by atoms with Crippen LogP contribution in [0.5, 0.6) is 5.75 Å². The highest BCUT2D eigenvalue weighted by molar-refractivity contribution is 5.99. The molecule has 0 spiro atoms. The number of nitrogens with two attached hydrogens (primary N) is 1. The van der Waals surface area contributed by atoms with Crippen molar-refractivity contribution in [2.24, 2.45) is 11.1 Å². The fraction of sp³-hybridized carbons (Fsp3) is 0.533. The van der Waals surface area contributed by atoms with E-state index in [1.54, 1.807) is 12.1 Å². The van der Waals surface area contributed by atoms with Crippen LogP contribution in [-0.2, 0) is 9.53 Å². The van der Waals surface area contributed by atoms with Crippen LogP contribution in [0.3, 0.4) is 0 Å². The number of amides is 1. The smallest absolute Gasteiger partial charge is 0.245 e. The van der Waals surface area contributed by atoms with Crippen LogP contribution in [0.2, 0.25) is 0 Å². The zero-order valence-electron chi connectivity index (χ0n) is 12.6. The minimum absolute atomic E-state index is 0. The summed E-state index contributed by atoms with van der Waals surface area (Å²) in [5.41, 5.74) is 5.55. The first kappa shape index (κ1) is 17.8. The quantitative estimate of drug-likeness (QED) is 0.744. The van der Waals surface area contributed by atoms with E-state index < -0.39 is 11.0 Å². The van der Waals surface area contributed by atoms with Gasteiger partial charge < -0.3 is 20.9 Å². The summed E-state index contributed by atoms with van der Waals surface area (Å²) in [7, 11) is 0. The Hall–Kier alpha value is -1.30. The van der Waals surface area contributed by atoms with Gasteiger partial charge in [0.1, 0.15) is 11.3 Å². The second kappa shape index (κ2) is 6.22. The van der Waals surface area contributed by atoms with E-state index in [2.05, 4.69) is 5.32 Å². The molecule has 1 saturated carbocycles. The molecule has 1 aromatic carbocycles. The number of phenolic OH excluding ortho intramolecular Hbond substituents is 1. The van der Waals surface area contributed by atoms with Gasteiger partial charge in [0.15, 0.2) is 0 Å². The number of halogens is 1. The van der Waals surface area contributed by atoms with E-state index in [1.165, 1.54) is 12.1 Å². The number of phenols is 1. The van der Waals surface area contributed by atoms with Crippen molar-refractivity contribution >= 4 is 24.0 Å². The minimum Gasteiger partial charge on any atom is -0.508 e. The molecule has 1 fully saturated rings. The van der Waals surface area contributed by atoms with Crippen molar-refractivity contribution < 1.29 is 14.6 Å². The molecule has 1 aromatic rings. The summed E-state index contributed by atoms with van der Waals surface area (Å²) < 4.78 is 5.61. The molecule has 2 unspecified atom stereocenters. The van der Waals surface area contributed by atoms with E-state index >= 15 is 0 Å². The van der Waals surface area contributed by atoms with Gasteiger partial charge in [-0.05, 0) is 31.2 Å². The molecule has 1 aliphatic carbocycles. The van der Waals surface area contributed by atoms with Crippen LogP contribution in [0.25, 0.3) is 0 Å². The molecule has 0 saturated heterocycles. The Kier molecular flexibility index (Phi) is 5.25. The number of aromatic hydroxyl groups is 1. The maximum Gasteiger partial charge on any atom is 0.245 e. The second-order valence-corrected chi connectivity index (χ2v) is 5.84. The molecule has 2 rings (SSSR count). The molecule has 1 aliphatic rings. The zero-order chi connectivity index (χ0) is 15.0. The number of nitrogens with one attached hydrogen (secondary N) is 1. The molecule has 2 atom stereocenters. The van der Waals surface area contributed by atoms with E-state index in [1.807, 2.05) is 20.8 Å². The molecule has 0 aliphatic heterocycles. The third-order valence-corrected chi connectivity index (χ3v) is 4.36. The average molecular weight is 315 g/mol. The van der Waals surface area contributed by atoms with Crippen molar-refractivity contribution in [1.82, 2.24) is 0 Å². The minimum atomic E-state index is -0.940. The molecule has 4 N–H and O–H groups in total. The summed E-state index contributed by atoms with van der Waals surface area (Å²) in [6, 6.07) is 6.33. The van der Waals surface area contributed by atoms with Crippen LogP contribution in [0.1, 0.15) is 27.2 Å². The molecular weight excluding hydrogens is 292 g/mol. The zero-order valence-corrected chi connectivity index (χ0v) is 13.4. The van der Waals surface area contributed by atoms with E-state index in [9.17, 15) is 9.90 Å². The molecule has 1 amide bonds. The number of hydrogen-bond donors (Lipinski definition) is 3. The van der Waals surface area contributed by atoms with Gasteiger partial charge in [-0.2, -0.15) is 0 Å². The monoisotopic (exact) mass is 314 g/mol. The molecule has 0 radical (unpaired) electrons. The molecule has 21 heavy (non-hydrogen) atoms. The van der Waals surface area contributed by atoms with Crippen LogP contribution in [0.15, 0.2) is 24.3 Å². The lowest BCUT2D eigenvalue weighted by Crippen LogP contribution is -2.74. The van der Waals surface area contributed by atoms with Gasteiger partial charge in [0.2, 0.25) is 5.91 Å². The highest BCUT2D eigenvalue weighted by Crippen LogP contribution is 2.50. The Morgan fingerprint density at radius 1 is 1.43 bits per heavy atom. The van der Waals surface area contributed by atoms with Crippen molar-refractivity contribution in [3.05, 3.63) is 24.3 Å². The fourth-order valence-electron chi connectivity index (χ4n) is 2.61. The van der Waals surface area contributed by atoms with Gasteiger partial charge >= 0.3 is 0 Å². The van der Waals surface area contributed by atoms with Gasteiger partial charge in [-0.1, -0.05) is 13.8 Å². The van der Waals surface area contributed by atoms with Gasteiger partial charge in [-0.15, -0.1) is 12.4 Å². The van der Waals surface area contributed by atoms with Crippen molar-refractivity contribution in [2.45, 2.75) is 38.8 Å². The third-order valence-electron chi connectivity index (χ3n) is 4.36. The fourth-order valence-corrected chi connectivity index (χ4v) is 2.61. The predicted octanol–water partition coefficient (Wildman–Crippen LogP) is 2.28. The summed E-state index contributed by atoms with van der Waals surface area (Å²) in [6.07, 6.45) is 0.515. The van der Waals surface area contributed by atoms with E-state index in [-0.39, 0.29) is 30.2 Å². The lowest BCUT2D eigenvalue weighted by Gasteiger charge is -2.57. The number of carbonyl (C=O) groups is 1. The lowest BCUT2D eigenvalue weighted by atomic mass is 9.54. The van der Waals surface area contributed by atoms with Gasteiger partial charge in [0.25, 0.3) is 0 Å². The molecule has 0 heterocycles. The lowest BCUT2D eigenvalue weighted by molar-refractivity contribution is -0.166. The molecule has 118 valence electrons. The first-order chi connectivity index (χ1) is 9.31. The topological polar surface area (TPSA) is 84.6 Å². The highest BCUT2D eigenvalue weighted by atomic mass is 35.5. The molecule has 0 bridgehead atoms. The van der Waals surface area contributed by atoms with Crippen molar-refractivity contribution in [1.29, 1.82) is 0 Å². The van der Waals surface area contributed by atoms with Crippen LogP contribution in [0.4, 0.5) is 5.69 Å². The predicted molar refractivity (Wildman–Crippen MR) is 84.7 cm³/mol. The molecule has 6 heteroatoms. The Balaban J connectivity index is 0.00000220. The molecule has 0 aromatic heterocycles. The first-order valence-electron chi connectivity index (χ1n) is 6.82. The van der Waals surface area contributed by atoms with Crippen molar-refractivity contribution in [3.63, 3.8) is 0 Å². The number of anilines is 1. The van der Waals surface area contributed by atoms with Crippen LogP contribution >= 0.6 is 12.4 Å². The number of hydrogen-bond acceptors (Lipinski definition) is 4. The first-order valence-corrected chi connectivity index (χ1v) is 6.82. The van der Waals surface area contributed by atoms with Crippen LogP contribution in [-0.4, -0.2) is 29.3 Å². The summed E-state index contributed by atoms with van der Waals surface area (Å²) in [4.78, 5) is 12.4. The molecule has 5 nitrogen and oxygen atoms in total. The number of ether oxygens (including phenoxy) is 1. The van der Waals surface area contributed by atoms with Crippen LogP contribution < -0.4 is 11.1 Å². The Labute approximate surface area is 131 Å². The summed E-state index contributed by atoms with van der Waals surface area (Å²) in [6.45, 7) is 6.45. The van der Waals surface area contributed by atoms with E-state index in [4.69, 9.17) is 10.5 Å². The SMILES string of the molecule is CCOC1CC(N)(C(=O)Nc2ccc(O)cc2)C1(C)C.Cl. The number of carbonyl (C=O) groups excluding carboxylic acids is 1. The van der Waals surface area contributed by atoms with Gasteiger partial charge in [-0.25, -0.2) is 0 Å². The maximum absolute atomic E-state index is 12.4. The van der Waals surface area contributed by atoms with Gasteiger partial charge in [0.05, 0.1) is 6.10 Å². The van der Waals surface area contributed by atoms with Gasteiger partial charge in [-0.3, -0.25) is 4.79 Å². The highest BCUT2D eigenvalue weighted by Gasteiger charge is 2.62. The van der Waals surface area contributed by atoms with Crippen molar-refractivity contribution in [2.75, 3.05) is 11.9 Å². The molecular formula is C15H23ClN2O3. The summed E-state index contributed by atoms with van der Waals surface area (Å²) in [5, 5.41) is 12.0. The average Bonchev–Trinajstić information content (AvgIpc) is 2.40. The second-order valence-electron chi connectivity index (χ2n) is 5.84. The Morgan fingerprint density at radius 3 is 2.48 bits per heavy atom. The number of rotatable bonds is 4. The Bertz CT molecular complexity index is 504. The van der Waals surface area contributed by atoms with E-state index in [0.717, 1.165) is 0 Å². The van der Waals surface area contributed by atoms with Gasteiger partial charge in [0, 0.05) is 24.1 Å². The largest absolute Gasteiger partial charge is 0.508 e. The standard InChI is InChI=1S/C15H22N2O3.ClH/c1-4-20-12-9-15(16,14(12,2)3)13(19)17-10-5-7-11(18)8-6-10;/h5-8,12,18H,4,9,16H2,1-3H3,(H,17,19);1H.